The van der Waals surface area contributed by atoms with Crippen molar-refractivity contribution < 1.29 is 9.84 Å². The molecule has 1 aliphatic heterocycles. The number of aliphatic hydroxyl groups is 1. The molecular weight excluding hydrogens is 338 g/mol. The Kier molecular flexibility index (Phi) is 3.15. The number of rotatable bonds is 3. The molecule has 0 saturated heterocycles. The second kappa shape index (κ2) is 5.19. The Balaban J connectivity index is 1.85. The second-order valence-electron chi connectivity index (χ2n) is 7.13. The largest absolute Gasteiger partial charge is 0.491 e. The number of thiophene rings is 1. The summed E-state index contributed by atoms with van der Waals surface area (Å²) >= 11 is 1.43. The number of aromatic amines is 2. The molecule has 5 rings (SSSR count). The number of pyridine rings is 1. The molecule has 6 nitrogen and oxygen atoms in total. The average molecular weight is 357 g/mol. The predicted molar refractivity (Wildman–Crippen MR) is 96.1 cm³/mol. The Morgan fingerprint density at radius 1 is 1.44 bits per heavy atom. The third-order valence-corrected chi connectivity index (χ3v) is 6.59. The van der Waals surface area contributed by atoms with Crippen LogP contribution >= 0.6 is 11.3 Å². The summed E-state index contributed by atoms with van der Waals surface area (Å²) in [5, 5.41) is 18.8. The van der Waals surface area contributed by atoms with Crippen LogP contribution in [0.3, 0.4) is 0 Å². The van der Waals surface area contributed by atoms with E-state index in [9.17, 15) is 9.90 Å². The number of aryl methyl sites for hydroxylation is 1. The molecule has 130 valence electrons. The van der Waals surface area contributed by atoms with E-state index >= 15 is 0 Å². The van der Waals surface area contributed by atoms with Crippen molar-refractivity contribution in [3.63, 3.8) is 0 Å². The van der Waals surface area contributed by atoms with E-state index in [1.165, 1.54) is 11.3 Å². The molecule has 0 radical (unpaired) electrons. The van der Waals surface area contributed by atoms with E-state index in [0.717, 1.165) is 52.8 Å². The first kappa shape index (κ1) is 15.2. The first-order valence-corrected chi connectivity index (χ1v) is 9.45. The predicted octanol–water partition coefficient (Wildman–Crippen LogP) is 2.92. The molecule has 3 aromatic rings. The van der Waals surface area contributed by atoms with Gasteiger partial charge >= 0.3 is 0 Å². The lowest BCUT2D eigenvalue weighted by atomic mass is 9.89. The lowest BCUT2D eigenvalue weighted by Gasteiger charge is -2.26. The summed E-state index contributed by atoms with van der Waals surface area (Å²) in [5.74, 6) is 0.976. The lowest BCUT2D eigenvalue weighted by molar-refractivity contribution is 0.0277. The number of nitrogens with zero attached hydrogens (tertiary/aromatic N) is 1. The monoisotopic (exact) mass is 357 g/mol. The van der Waals surface area contributed by atoms with Crippen molar-refractivity contribution in [2.75, 3.05) is 6.61 Å². The molecule has 0 bridgehead atoms. The van der Waals surface area contributed by atoms with Crippen molar-refractivity contribution in [3.05, 3.63) is 34.0 Å². The van der Waals surface area contributed by atoms with E-state index in [0.29, 0.717) is 17.0 Å². The molecule has 0 spiro atoms. The van der Waals surface area contributed by atoms with Crippen LogP contribution in [-0.4, -0.2) is 26.9 Å². The molecule has 3 aromatic heterocycles. The minimum Gasteiger partial charge on any atom is -0.491 e. The Morgan fingerprint density at radius 2 is 2.28 bits per heavy atom. The van der Waals surface area contributed by atoms with Gasteiger partial charge in [-0.25, -0.2) is 0 Å². The molecule has 1 atom stereocenters. The molecule has 3 N–H and O–H groups in total. The van der Waals surface area contributed by atoms with E-state index in [2.05, 4.69) is 15.2 Å². The van der Waals surface area contributed by atoms with Crippen LogP contribution in [-0.2, 0) is 12.0 Å². The summed E-state index contributed by atoms with van der Waals surface area (Å²) in [6, 6.07) is 0. The highest BCUT2D eigenvalue weighted by Crippen LogP contribution is 2.50. The Morgan fingerprint density at radius 3 is 3.00 bits per heavy atom. The molecule has 4 heterocycles. The summed E-state index contributed by atoms with van der Waals surface area (Å²) in [5.41, 5.74) is 1.48. The molecule has 0 unspecified atom stereocenters. The summed E-state index contributed by atoms with van der Waals surface area (Å²) in [4.78, 5) is 16.7. The van der Waals surface area contributed by atoms with Gasteiger partial charge in [0.2, 0.25) is 0 Å². The van der Waals surface area contributed by atoms with Gasteiger partial charge in [-0.1, -0.05) is 0 Å². The second-order valence-corrected chi connectivity index (χ2v) is 8.15. The SMILES string of the molecule is C[C@@](O)(c1[nH]c(=O)c2sc(-c3cn[nH]c3)c3c2c1CCCO3)C1CC1. The highest BCUT2D eigenvalue weighted by Gasteiger charge is 2.44. The highest BCUT2D eigenvalue weighted by atomic mass is 32.1. The molecule has 0 aromatic carbocycles. The van der Waals surface area contributed by atoms with Crippen molar-refractivity contribution in [2.45, 2.75) is 38.2 Å². The fourth-order valence-electron chi connectivity index (χ4n) is 3.88. The molecule has 0 amide bonds. The maximum Gasteiger partial charge on any atom is 0.266 e. The van der Waals surface area contributed by atoms with Crippen LogP contribution in [0.2, 0.25) is 0 Å². The fourth-order valence-corrected chi connectivity index (χ4v) is 5.03. The number of aromatic nitrogens is 3. The third-order valence-electron chi connectivity index (χ3n) is 5.37. The van der Waals surface area contributed by atoms with Crippen LogP contribution < -0.4 is 10.3 Å². The minimum absolute atomic E-state index is 0.152. The van der Waals surface area contributed by atoms with Crippen molar-refractivity contribution >= 4 is 21.4 Å². The van der Waals surface area contributed by atoms with E-state index in [4.69, 9.17) is 4.74 Å². The van der Waals surface area contributed by atoms with Gasteiger partial charge in [-0.05, 0) is 44.1 Å². The highest BCUT2D eigenvalue weighted by molar-refractivity contribution is 7.22. The van der Waals surface area contributed by atoms with Gasteiger partial charge in [0, 0.05) is 17.1 Å². The average Bonchev–Trinajstić information content (AvgIpc) is 3.25. The van der Waals surface area contributed by atoms with Gasteiger partial charge in [0.05, 0.1) is 23.4 Å². The maximum absolute atomic E-state index is 12.8. The zero-order valence-corrected chi connectivity index (χ0v) is 14.7. The molecule has 1 fully saturated rings. The Hall–Kier alpha value is -2.12. The topological polar surface area (TPSA) is 91.0 Å². The molecule has 7 heteroatoms. The van der Waals surface area contributed by atoms with E-state index < -0.39 is 5.60 Å². The number of ether oxygens (including phenoxy) is 1. The first-order valence-electron chi connectivity index (χ1n) is 8.64. The van der Waals surface area contributed by atoms with E-state index in [1.807, 2.05) is 13.1 Å². The number of nitrogens with one attached hydrogen (secondary N) is 2. The van der Waals surface area contributed by atoms with Crippen LogP contribution in [0.5, 0.6) is 5.75 Å². The van der Waals surface area contributed by atoms with Crippen molar-refractivity contribution in [3.8, 4) is 16.2 Å². The summed E-state index contributed by atoms with van der Waals surface area (Å²) in [6.07, 6.45) is 7.20. The normalized spacial score (nSPS) is 19.4. The van der Waals surface area contributed by atoms with Gasteiger partial charge in [-0.3, -0.25) is 9.89 Å². The minimum atomic E-state index is -0.998. The van der Waals surface area contributed by atoms with Crippen LogP contribution in [0.15, 0.2) is 17.2 Å². The zero-order valence-electron chi connectivity index (χ0n) is 13.9. The van der Waals surface area contributed by atoms with Gasteiger partial charge < -0.3 is 14.8 Å². The molecule has 1 aliphatic carbocycles. The number of hydrogen-bond acceptors (Lipinski definition) is 5. The van der Waals surface area contributed by atoms with Crippen LogP contribution in [0, 0.1) is 5.92 Å². The van der Waals surface area contributed by atoms with Crippen LogP contribution in [0.25, 0.3) is 20.5 Å². The zero-order chi connectivity index (χ0) is 17.2. The standard InChI is InChI=1S/C18H19N3O3S/c1-18(23,10-4-5-10)16-11-3-2-6-24-13-12(11)15(17(22)21-16)25-14(13)9-7-19-20-8-9/h7-8,10,23H,2-6H2,1H3,(H,19,20)(H,21,22)/t18-/m0/s1. The fraction of sp³-hybridized carbons (Fsp3) is 0.444. The van der Waals surface area contributed by atoms with Gasteiger partial charge in [-0.2, -0.15) is 5.10 Å². The van der Waals surface area contributed by atoms with Crippen LogP contribution in [0.4, 0.5) is 0 Å². The molecular formula is C18H19N3O3S. The summed E-state index contributed by atoms with van der Waals surface area (Å²) in [6.45, 7) is 2.43. The first-order chi connectivity index (χ1) is 12.1. The van der Waals surface area contributed by atoms with Crippen molar-refractivity contribution in [1.82, 2.24) is 15.2 Å². The third kappa shape index (κ3) is 2.19. The number of hydrogen-bond donors (Lipinski definition) is 3. The van der Waals surface area contributed by atoms with Gasteiger partial charge in [0.25, 0.3) is 5.56 Å². The quantitative estimate of drug-likeness (QED) is 0.672. The van der Waals surface area contributed by atoms with E-state index in [1.54, 1.807) is 6.20 Å². The Bertz CT molecular complexity index is 1010. The molecule has 25 heavy (non-hydrogen) atoms. The smallest absolute Gasteiger partial charge is 0.266 e. The lowest BCUT2D eigenvalue weighted by Crippen LogP contribution is -2.30. The Labute approximate surface area is 147 Å². The molecule has 1 saturated carbocycles. The van der Waals surface area contributed by atoms with Gasteiger partial charge in [0.1, 0.15) is 16.1 Å². The maximum atomic E-state index is 12.8. The summed E-state index contributed by atoms with van der Waals surface area (Å²) in [7, 11) is 0. The van der Waals surface area contributed by atoms with Crippen molar-refractivity contribution in [1.29, 1.82) is 0 Å². The van der Waals surface area contributed by atoms with Crippen molar-refractivity contribution in [2.24, 2.45) is 5.92 Å². The number of H-pyrrole nitrogens is 2. The summed E-state index contributed by atoms with van der Waals surface area (Å²) < 4.78 is 6.71. The van der Waals surface area contributed by atoms with Gasteiger partial charge in [-0.15, -0.1) is 11.3 Å². The molecule has 2 aliphatic rings. The van der Waals surface area contributed by atoms with Gasteiger partial charge in [0.15, 0.2) is 0 Å². The van der Waals surface area contributed by atoms with E-state index in [-0.39, 0.29) is 11.5 Å². The van der Waals surface area contributed by atoms with Crippen LogP contribution in [0.1, 0.15) is 37.4 Å².